The number of hydrogen-bond donors (Lipinski definition) is 0. The molecule has 0 amide bonds. The molecule has 0 heterocycles. The van der Waals surface area contributed by atoms with Crippen molar-refractivity contribution in [3.05, 3.63) is 24.3 Å². The second-order valence-electron chi connectivity index (χ2n) is 23.8. The molecule has 6 heteroatoms. The number of ether oxygens (including phenoxy) is 3. The van der Waals surface area contributed by atoms with E-state index >= 15 is 0 Å². The van der Waals surface area contributed by atoms with Crippen LogP contribution in [-0.4, -0.2) is 37.2 Å². The van der Waals surface area contributed by atoms with Gasteiger partial charge >= 0.3 is 17.9 Å². The largest absolute Gasteiger partial charge is 0.462 e. The third-order valence-electron chi connectivity index (χ3n) is 16.0. The zero-order valence-electron chi connectivity index (χ0n) is 52.3. The van der Waals surface area contributed by atoms with E-state index in [1.165, 1.54) is 289 Å². The maximum atomic E-state index is 13.0. The summed E-state index contributed by atoms with van der Waals surface area (Å²) in [4.78, 5) is 38.5. The van der Waals surface area contributed by atoms with Gasteiger partial charge in [-0.3, -0.25) is 14.4 Å². The van der Waals surface area contributed by atoms with Gasteiger partial charge in [-0.25, -0.2) is 0 Å². The van der Waals surface area contributed by atoms with Crippen molar-refractivity contribution in [2.24, 2.45) is 0 Å². The van der Waals surface area contributed by atoms with E-state index in [4.69, 9.17) is 14.2 Å². The number of allylic oxidation sites excluding steroid dienone is 4. The highest BCUT2D eigenvalue weighted by atomic mass is 16.6. The van der Waals surface area contributed by atoms with Gasteiger partial charge in [-0.15, -0.1) is 0 Å². The second-order valence-corrected chi connectivity index (χ2v) is 23.8. The number of carbonyl (C=O) groups excluding carboxylic acids is 3. The Labute approximate surface area is 481 Å². The summed E-state index contributed by atoms with van der Waals surface area (Å²) in [7, 11) is 0. The van der Waals surface area contributed by atoms with Crippen LogP contribution in [0.3, 0.4) is 0 Å². The molecular weight excluding hydrogens is 949 g/mol. The quantitative estimate of drug-likeness (QED) is 0.0261. The minimum atomic E-state index is -0.770. The maximum Gasteiger partial charge on any atom is 0.306 e. The molecule has 0 spiro atoms. The van der Waals surface area contributed by atoms with Crippen LogP contribution in [-0.2, 0) is 28.6 Å². The number of unbranched alkanes of at least 4 members (excludes halogenated alkanes) is 50. The lowest BCUT2D eigenvalue weighted by atomic mass is 10.0. The highest BCUT2D eigenvalue weighted by Gasteiger charge is 2.19. The molecule has 0 saturated carbocycles. The van der Waals surface area contributed by atoms with Crippen molar-refractivity contribution >= 4 is 17.9 Å². The summed E-state index contributed by atoms with van der Waals surface area (Å²) >= 11 is 0. The van der Waals surface area contributed by atoms with E-state index < -0.39 is 6.10 Å². The summed E-state index contributed by atoms with van der Waals surface area (Å²) < 4.78 is 17.0. The molecule has 1 atom stereocenters. The first-order valence-corrected chi connectivity index (χ1v) is 34.8. The maximum absolute atomic E-state index is 13.0. The summed E-state index contributed by atoms with van der Waals surface area (Å²) in [6, 6.07) is 0. The molecular formula is C71H134O6. The average Bonchev–Trinajstić information content (AvgIpc) is 3.43. The molecule has 0 aliphatic carbocycles. The molecule has 0 bridgehead atoms. The van der Waals surface area contributed by atoms with Crippen molar-refractivity contribution in [1.82, 2.24) is 0 Å². The number of hydrogen-bond acceptors (Lipinski definition) is 6. The van der Waals surface area contributed by atoms with E-state index in [1.807, 2.05) is 0 Å². The minimum Gasteiger partial charge on any atom is -0.462 e. The Kier molecular flexibility index (Phi) is 64.6. The first-order valence-electron chi connectivity index (χ1n) is 34.8. The molecule has 6 nitrogen and oxygen atoms in total. The molecule has 454 valence electrons. The van der Waals surface area contributed by atoms with Gasteiger partial charge in [0.2, 0.25) is 0 Å². The summed E-state index contributed by atoms with van der Waals surface area (Å²) in [5, 5.41) is 0. The van der Waals surface area contributed by atoms with Crippen LogP contribution in [0.5, 0.6) is 0 Å². The van der Waals surface area contributed by atoms with Crippen LogP contribution in [0.15, 0.2) is 24.3 Å². The molecule has 0 rings (SSSR count). The zero-order chi connectivity index (χ0) is 55.7. The molecule has 0 aliphatic heterocycles. The molecule has 77 heavy (non-hydrogen) atoms. The van der Waals surface area contributed by atoms with E-state index in [-0.39, 0.29) is 31.1 Å². The van der Waals surface area contributed by atoms with Crippen LogP contribution >= 0.6 is 0 Å². The molecule has 0 unspecified atom stereocenters. The van der Waals surface area contributed by atoms with Crippen molar-refractivity contribution in [2.45, 2.75) is 399 Å². The molecule has 0 radical (unpaired) electrons. The summed E-state index contributed by atoms with van der Waals surface area (Å²) in [5.74, 6) is -0.836. The van der Waals surface area contributed by atoms with Gasteiger partial charge in [0.25, 0.3) is 0 Å². The van der Waals surface area contributed by atoms with Crippen LogP contribution in [0.4, 0.5) is 0 Å². The predicted octanol–water partition coefficient (Wildman–Crippen LogP) is 23.8. The third kappa shape index (κ3) is 64.6. The Morgan fingerprint density at radius 3 is 0.740 bits per heavy atom. The topological polar surface area (TPSA) is 78.9 Å². The molecule has 0 saturated heterocycles. The fraction of sp³-hybridized carbons (Fsp3) is 0.901. The monoisotopic (exact) mass is 1080 g/mol. The molecule has 0 aromatic carbocycles. The van der Waals surface area contributed by atoms with Crippen LogP contribution in [0, 0.1) is 0 Å². The predicted molar refractivity (Wildman–Crippen MR) is 335 cm³/mol. The average molecular weight is 1080 g/mol. The highest BCUT2D eigenvalue weighted by molar-refractivity contribution is 5.71. The van der Waals surface area contributed by atoms with E-state index in [9.17, 15) is 14.4 Å². The van der Waals surface area contributed by atoms with Gasteiger partial charge in [0.1, 0.15) is 13.2 Å². The van der Waals surface area contributed by atoms with E-state index in [0.717, 1.165) is 64.2 Å². The number of rotatable bonds is 65. The van der Waals surface area contributed by atoms with Crippen LogP contribution < -0.4 is 0 Å². The first-order chi connectivity index (χ1) is 38.0. The lowest BCUT2D eigenvalue weighted by molar-refractivity contribution is -0.167. The minimum absolute atomic E-state index is 0.0656. The van der Waals surface area contributed by atoms with Gasteiger partial charge in [-0.2, -0.15) is 0 Å². The fourth-order valence-electron chi connectivity index (χ4n) is 10.7. The smallest absolute Gasteiger partial charge is 0.306 e. The molecule has 0 fully saturated rings. The Bertz CT molecular complexity index is 1240. The fourth-order valence-corrected chi connectivity index (χ4v) is 10.7. The summed E-state index contributed by atoms with van der Waals surface area (Å²) in [6.45, 7) is 6.70. The van der Waals surface area contributed by atoms with Gasteiger partial charge in [0, 0.05) is 19.3 Å². The van der Waals surface area contributed by atoms with Crippen LogP contribution in [0.1, 0.15) is 393 Å². The highest BCUT2D eigenvalue weighted by Crippen LogP contribution is 2.19. The van der Waals surface area contributed by atoms with Gasteiger partial charge in [0.15, 0.2) is 6.10 Å². The zero-order valence-corrected chi connectivity index (χ0v) is 52.3. The summed E-state index contributed by atoms with van der Waals surface area (Å²) in [5.41, 5.74) is 0. The normalized spacial score (nSPS) is 12.1. The second kappa shape index (κ2) is 66.4. The van der Waals surface area contributed by atoms with Crippen molar-refractivity contribution in [1.29, 1.82) is 0 Å². The van der Waals surface area contributed by atoms with Gasteiger partial charge < -0.3 is 14.2 Å². The first kappa shape index (κ1) is 74.9. The number of esters is 3. The SMILES string of the molecule is CCCCC/C=C\C/C=C\CCCCCCCCCCCC(=O)OC[C@H](COC(=O)CCCCCCCCCCCCCCCCCCCCCCC)OC(=O)CCCCCCCCCCCCCCCCCCCCC. The molecule has 0 aromatic rings. The Morgan fingerprint density at radius 2 is 0.468 bits per heavy atom. The van der Waals surface area contributed by atoms with E-state index in [0.29, 0.717) is 19.3 Å². The molecule has 0 N–H and O–H groups in total. The summed E-state index contributed by atoms with van der Waals surface area (Å²) in [6.07, 6.45) is 80.5. The van der Waals surface area contributed by atoms with Crippen molar-refractivity contribution in [3.8, 4) is 0 Å². The molecule has 0 aromatic heterocycles. The van der Waals surface area contributed by atoms with Crippen molar-refractivity contribution < 1.29 is 28.6 Å². The number of carbonyl (C=O) groups is 3. The van der Waals surface area contributed by atoms with Gasteiger partial charge in [0.05, 0.1) is 0 Å². The Hall–Kier alpha value is -2.11. The van der Waals surface area contributed by atoms with Gasteiger partial charge in [-0.1, -0.05) is 347 Å². The van der Waals surface area contributed by atoms with Crippen LogP contribution in [0.25, 0.3) is 0 Å². The standard InChI is InChI=1S/C71H134O6/c1-4-7-10-13-16-19-22-25-28-31-34-35-38-40-43-46-49-52-55-58-61-64-70(73)76-67-68(77-71(74)65-62-59-56-53-50-47-44-41-37-33-30-27-24-21-18-15-12-9-6-3)66-75-69(72)63-60-57-54-51-48-45-42-39-36-32-29-26-23-20-17-14-11-8-5-2/h17,20,26,29,68H,4-16,18-19,21-25,27-28,30-67H2,1-3H3/b20-17-,29-26-/t68-/m1/s1. The van der Waals surface area contributed by atoms with Crippen molar-refractivity contribution in [3.63, 3.8) is 0 Å². The van der Waals surface area contributed by atoms with Crippen LogP contribution in [0.2, 0.25) is 0 Å². The van der Waals surface area contributed by atoms with E-state index in [2.05, 4.69) is 45.1 Å². The third-order valence-corrected chi connectivity index (χ3v) is 16.0. The lowest BCUT2D eigenvalue weighted by Gasteiger charge is -2.18. The van der Waals surface area contributed by atoms with Crippen molar-refractivity contribution in [2.75, 3.05) is 13.2 Å². The Morgan fingerprint density at radius 1 is 0.260 bits per heavy atom. The molecule has 0 aliphatic rings. The Balaban J connectivity index is 4.30. The lowest BCUT2D eigenvalue weighted by Crippen LogP contribution is -2.30. The van der Waals surface area contributed by atoms with Gasteiger partial charge in [-0.05, 0) is 51.4 Å². The van der Waals surface area contributed by atoms with E-state index in [1.54, 1.807) is 0 Å².